The van der Waals surface area contributed by atoms with Crippen molar-refractivity contribution in [2.75, 3.05) is 28.6 Å². The molecule has 0 aliphatic carbocycles. The van der Waals surface area contributed by atoms with Crippen LogP contribution in [0.3, 0.4) is 0 Å². The number of nitrogens with zero attached hydrogens (tertiary/aromatic N) is 7. The molecule has 0 bridgehead atoms. The van der Waals surface area contributed by atoms with Crippen LogP contribution in [0.15, 0.2) is 61.2 Å². The molecular weight excluding hydrogens is 544 g/mol. The Hall–Kier alpha value is -5.26. The number of rotatable bonds is 5. The Morgan fingerprint density at radius 2 is 1.84 bits per heavy atom. The molecule has 2 aromatic carbocycles. The highest BCUT2D eigenvalue weighted by Crippen LogP contribution is 2.40. The third kappa shape index (κ3) is 4.94. The number of aromatic nitrogens is 6. The lowest BCUT2D eigenvalue weighted by Crippen LogP contribution is -2.36. The van der Waals surface area contributed by atoms with E-state index in [0.717, 1.165) is 70.6 Å². The van der Waals surface area contributed by atoms with Gasteiger partial charge in [0.05, 0.1) is 34.7 Å². The third-order valence-corrected chi connectivity index (χ3v) is 8.23. The van der Waals surface area contributed by atoms with Gasteiger partial charge in [-0.2, -0.15) is 10.2 Å². The maximum absolute atomic E-state index is 12.4. The number of hydrogen-bond acceptors (Lipinski definition) is 8. The highest BCUT2D eigenvalue weighted by Gasteiger charge is 2.27. The molecule has 2 aliphatic rings. The van der Waals surface area contributed by atoms with Gasteiger partial charge < -0.3 is 21.3 Å². The predicted octanol–water partition coefficient (Wildman–Crippen LogP) is 3.98. The van der Waals surface area contributed by atoms with E-state index in [4.69, 9.17) is 10.8 Å². The molecule has 1 saturated heterocycles. The summed E-state index contributed by atoms with van der Waals surface area (Å²) >= 11 is 0. The molecule has 218 valence electrons. The summed E-state index contributed by atoms with van der Waals surface area (Å²) in [6.45, 7) is 3.54. The molecule has 1 atom stereocenters. The van der Waals surface area contributed by atoms with E-state index in [1.54, 1.807) is 4.68 Å². The number of carbonyl (C=O) groups excluding carboxylic acids is 2. The molecule has 0 unspecified atom stereocenters. The number of amides is 2. The minimum absolute atomic E-state index is 0.00628. The first-order chi connectivity index (χ1) is 20.8. The number of fused-ring (bicyclic) bond motifs is 2. The van der Waals surface area contributed by atoms with E-state index in [0.29, 0.717) is 17.9 Å². The van der Waals surface area contributed by atoms with E-state index in [9.17, 15) is 9.59 Å². The van der Waals surface area contributed by atoms with E-state index < -0.39 is 5.91 Å². The lowest BCUT2D eigenvalue weighted by atomic mass is 9.99. The second-order valence-electron chi connectivity index (χ2n) is 11.3. The van der Waals surface area contributed by atoms with Crippen molar-refractivity contribution in [3.05, 3.63) is 66.7 Å². The molecule has 2 aliphatic heterocycles. The van der Waals surface area contributed by atoms with Crippen LogP contribution in [0.5, 0.6) is 0 Å². The van der Waals surface area contributed by atoms with Gasteiger partial charge in [0.2, 0.25) is 11.9 Å². The first-order valence-corrected chi connectivity index (χ1v) is 14.4. The largest absolute Gasteiger partial charge is 0.380 e. The monoisotopic (exact) mass is 576 g/mol. The Balaban J connectivity index is 1.24. The van der Waals surface area contributed by atoms with E-state index in [-0.39, 0.29) is 18.0 Å². The van der Waals surface area contributed by atoms with Gasteiger partial charge in [-0.05, 0) is 43.5 Å². The van der Waals surface area contributed by atoms with Crippen LogP contribution in [0.25, 0.3) is 33.3 Å². The smallest absolute Gasteiger partial charge is 0.251 e. The van der Waals surface area contributed by atoms with E-state index in [2.05, 4.69) is 59.5 Å². The van der Waals surface area contributed by atoms with Crippen LogP contribution in [0, 0.1) is 0 Å². The summed E-state index contributed by atoms with van der Waals surface area (Å²) in [5, 5.41) is 17.2. The second-order valence-corrected chi connectivity index (χ2v) is 11.3. The van der Waals surface area contributed by atoms with E-state index >= 15 is 0 Å². The lowest BCUT2D eigenvalue weighted by Gasteiger charge is -2.32. The Morgan fingerprint density at radius 3 is 2.56 bits per heavy atom. The Labute approximate surface area is 247 Å². The summed E-state index contributed by atoms with van der Waals surface area (Å²) in [6.07, 6.45) is 8.92. The molecule has 1 fully saturated rings. The topological polar surface area (TPSA) is 149 Å². The van der Waals surface area contributed by atoms with Gasteiger partial charge in [0.15, 0.2) is 0 Å². The van der Waals surface area contributed by atoms with Crippen molar-refractivity contribution in [3.8, 4) is 22.4 Å². The normalized spacial score (nSPS) is 17.3. The van der Waals surface area contributed by atoms with Crippen LogP contribution in [0.2, 0.25) is 0 Å². The minimum atomic E-state index is -0.538. The van der Waals surface area contributed by atoms with Crippen molar-refractivity contribution in [1.82, 2.24) is 29.5 Å². The average molecular weight is 577 g/mol. The number of carbonyl (C=O) groups is 2. The summed E-state index contributed by atoms with van der Waals surface area (Å²) in [5.41, 5.74) is 12.3. The maximum atomic E-state index is 12.4. The molecule has 5 heterocycles. The molecule has 0 saturated carbocycles. The molecule has 0 spiro atoms. The van der Waals surface area contributed by atoms with Gasteiger partial charge in [0, 0.05) is 67.7 Å². The Kier molecular flexibility index (Phi) is 6.52. The van der Waals surface area contributed by atoms with Crippen molar-refractivity contribution in [3.63, 3.8) is 0 Å². The molecule has 12 heteroatoms. The highest BCUT2D eigenvalue weighted by molar-refractivity contribution is 6.02. The summed E-state index contributed by atoms with van der Waals surface area (Å²) in [5.74, 6) is 0.0611. The van der Waals surface area contributed by atoms with Crippen molar-refractivity contribution >= 4 is 40.0 Å². The number of nitrogens with two attached hydrogens (primary N) is 1. The Bertz CT molecular complexity index is 1850. The molecular formula is C31H32N10O2. The lowest BCUT2D eigenvalue weighted by molar-refractivity contribution is -0.116. The molecule has 2 amide bonds. The van der Waals surface area contributed by atoms with Crippen molar-refractivity contribution in [1.29, 1.82) is 0 Å². The second kappa shape index (κ2) is 10.5. The van der Waals surface area contributed by atoms with Crippen LogP contribution in [-0.4, -0.2) is 60.5 Å². The van der Waals surface area contributed by atoms with E-state index in [1.165, 1.54) is 12.4 Å². The summed E-state index contributed by atoms with van der Waals surface area (Å²) < 4.78 is 3.94. The standard InChI is InChI=1S/C31H32N10O2/c1-18-12-27(42)37-25-5-3-4-23(29(25)36-18)19-6-7-26-24(13-19)28(21-16-35-39(2)17-21)38-41(26)22-8-10-40(11-9-22)31-33-14-20(15-34-31)30(32)43/h3-7,13-18,22,36H,8-12H2,1-2H3,(H2,32,43)(H,37,42)/t18-/m1/s1. The van der Waals surface area contributed by atoms with E-state index in [1.807, 2.05) is 38.5 Å². The van der Waals surface area contributed by atoms with Gasteiger partial charge >= 0.3 is 0 Å². The number of primary amides is 1. The average Bonchev–Trinajstić information content (AvgIpc) is 3.56. The fraction of sp³-hybridized carbons (Fsp3) is 0.290. The first kappa shape index (κ1) is 26.6. The quantitative estimate of drug-likeness (QED) is 0.285. The zero-order valence-electron chi connectivity index (χ0n) is 24.0. The van der Waals surface area contributed by atoms with Gasteiger partial charge in [-0.1, -0.05) is 18.2 Å². The molecule has 7 rings (SSSR count). The van der Waals surface area contributed by atoms with Crippen molar-refractivity contribution in [2.24, 2.45) is 12.8 Å². The Morgan fingerprint density at radius 1 is 1.05 bits per heavy atom. The number of hydrogen-bond donors (Lipinski definition) is 3. The molecule has 12 nitrogen and oxygen atoms in total. The zero-order valence-corrected chi connectivity index (χ0v) is 24.0. The number of piperidine rings is 1. The number of anilines is 3. The van der Waals surface area contributed by atoms with Crippen LogP contribution in [0.4, 0.5) is 17.3 Å². The maximum Gasteiger partial charge on any atom is 0.251 e. The first-order valence-electron chi connectivity index (χ1n) is 14.4. The van der Waals surface area contributed by atoms with Crippen molar-refractivity contribution < 1.29 is 9.59 Å². The number of aryl methyl sites for hydroxylation is 1. The minimum Gasteiger partial charge on any atom is -0.380 e. The van der Waals surface area contributed by atoms with Gasteiger partial charge in [0.25, 0.3) is 5.91 Å². The van der Waals surface area contributed by atoms with Crippen LogP contribution < -0.4 is 21.3 Å². The van der Waals surface area contributed by atoms with Gasteiger partial charge in [-0.15, -0.1) is 0 Å². The fourth-order valence-corrected chi connectivity index (χ4v) is 6.10. The number of nitrogens with one attached hydrogen (secondary N) is 2. The molecule has 43 heavy (non-hydrogen) atoms. The molecule has 4 N–H and O–H groups in total. The number of benzene rings is 2. The molecule has 3 aromatic heterocycles. The summed E-state index contributed by atoms with van der Waals surface area (Å²) in [6, 6.07) is 12.7. The van der Waals surface area contributed by atoms with Gasteiger partial charge in [-0.25, -0.2) is 9.97 Å². The number of para-hydroxylation sites is 1. The van der Waals surface area contributed by atoms with Crippen LogP contribution >= 0.6 is 0 Å². The summed E-state index contributed by atoms with van der Waals surface area (Å²) in [4.78, 5) is 34.6. The van der Waals surface area contributed by atoms with Gasteiger partial charge in [-0.3, -0.25) is 19.0 Å². The highest BCUT2D eigenvalue weighted by atomic mass is 16.2. The fourth-order valence-electron chi connectivity index (χ4n) is 6.10. The third-order valence-electron chi connectivity index (χ3n) is 8.23. The SMILES string of the molecule is C[C@@H]1CC(=O)Nc2cccc(-c3ccc4c(c3)c(-c3cnn(C)c3)nn4C3CCN(c4ncc(C(N)=O)cn4)CC3)c2N1. The zero-order chi connectivity index (χ0) is 29.7. The van der Waals surface area contributed by atoms with Crippen molar-refractivity contribution in [2.45, 2.75) is 38.3 Å². The van der Waals surface area contributed by atoms with Crippen LogP contribution in [-0.2, 0) is 11.8 Å². The van der Waals surface area contributed by atoms with Crippen LogP contribution in [0.1, 0.15) is 42.6 Å². The molecule has 0 radical (unpaired) electrons. The summed E-state index contributed by atoms with van der Waals surface area (Å²) in [7, 11) is 1.91. The molecule has 5 aromatic rings. The van der Waals surface area contributed by atoms with Gasteiger partial charge in [0.1, 0.15) is 5.69 Å². The predicted molar refractivity (Wildman–Crippen MR) is 165 cm³/mol.